The molecule has 0 aliphatic carbocycles. The van der Waals surface area contributed by atoms with Crippen molar-refractivity contribution in [3.63, 3.8) is 0 Å². The van der Waals surface area contributed by atoms with E-state index < -0.39 is 10.0 Å². The highest BCUT2D eigenvalue weighted by Crippen LogP contribution is 2.26. The first-order valence-corrected chi connectivity index (χ1v) is 12.9. The van der Waals surface area contributed by atoms with E-state index in [-0.39, 0.29) is 6.10 Å². The molecule has 0 saturated carbocycles. The number of aromatic nitrogens is 1. The van der Waals surface area contributed by atoms with Gasteiger partial charge in [0.1, 0.15) is 11.9 Å². The lowest BCUT2D eigenvalue weighted by atomic mass is 10.00. The van der Waals surface area contributed by atoms with Crippen LogP contribution >= 0.6 is 0 Å². The molecule has 2 saturated heterocycles. The van der Waals surface area contributed by atoms with Crippen molar-refractivity contribution in [2.24, 2.45) is 0 Å². The summed E-state index contributed by atoms with van der Waals surface area (Å²) in [5.41, 5.74) is 1.19. The summed E-state index contributed by atoms with van der Waals surface area (Å²) in [5.74, 6) is 0.884. The summed E-state index contributed by atoms with van der Waals surface area (Å²) >= 11 is 0. The van der Waals surface area contributed by atoms with Crippen molar-refractivity contribution in [1.29, 1.82) is 0 Å². The Kier molecular flexibility index (Phi) is 7.25. The minimum absolute atomic E-state index is 0.245. The monoisotopic (exact) mass is 443 g/mol. The highest BCUT2D eigenvalue weighted by Gasteiger charge is 2.33. The molecular formula is C24H33N3O3S. The zero-order valence-electron chi connectivity index (χ0n) is 18.3. The van der Waals surface area contributed by atoms with Gasteiger partial charge in [-0.2, -0.15) is 4.31 Å². The smallest absolute Gasteiger partial charge is 0.243 e. The number of sulfonamides is 1. The van der Waals surface area contributed by atoms with Crippen LogP contribution in [0.5, 0.6) is 5.75 Å². The van der Waals surface area contributed by atoms with Crippen LogP contribution in [0, 0.1) is 0 Å². The number of benzene rings is 1. The van der Waals surface area contributed by atoms with Gasteiger partial charge in [-0.3, -0.25) is 4.98 Å². The lowest BCUT2D eigenvalue weighted by Crippen LogP contribution is -2.50. The van der Waals surface area contributed by atoms with Crippen LogP contribution in [0.4, 0.5) is 0 Å². The van der Waals surface area contributed by atoms with E-state index in [2.05, 4.69) is 16.8 Å². The van der Waals surface area contributed by atoms with Crippen molar-refractivity contribution in [3.8, 4) is 5.75 Å². The third-order valence-electron chi connectivity index (χ3n) is 6.47. The number of ether oxygens (including phenoxy) is 1. The van der Waals surface area contributed by atoms with E-state index in [0.29, 0.717) is 24.0 Å². The summed E-state index contributed by atoms with van der Waals surface area (Å²) in [6.07, 6.45) is 9.59. The van der Waals surface area contributed by atoms with Gasteiger partial charge in [0.2, 0.25) is 10.0 Å². The molecule has 0 N–H and O–H groups in total. The van der Waals surface area contributed by atoms with E-state index in [0.717, 1.165) is 57.4 Å². The van der Waals surface area contributed by atoms with Gasteiger partial charge < -0.3 is 9.64 Å². The number of nitrogens with zero attached hydrogens (tertiary/aromatic N) is 3. The molecule has 7 heteroatoms. The predicted molar refractivity (Wildman–Crippen MR) is 122 cm³/mol. The Morgan fingerprint density at radius 1 is 0.935 bits per heavy atom. The molecule has 0 spiro atoms. The van der Waals surface area contributed by atoms with E-state index in [1.807, 2.05) is 24.3 Å². The standard InChI is InChI=1S/C24H33N3O3S/c1-2-3-20-4-6-24(7-5-20)31(28,29)27-18-10-21(11-19-27)26-16-12-23(13-17-26)30-22-8-14-25-15-9-22/h4-9,14-15,21,23H,2-3,10-13,16-19H2,1H3. The molecule has 1 aromatic heterocycles. The fraction of sp³-hybridized carbons (Fsp3) is 0.542. The Hall–Kier alpha value is -1.96. The van der Waals surface area contributed by atoms with E-state index in [9.17, 15) is 8.42 Å². The molecule has 0 atom stereocenters. The number of rotatable bonds is 7. The minimum atomic E-state index is -3.40. The number of hydrogen-bond donors (Lipinski definition) is 0. The molecule has 168 valence electrons. The summed E-state index contributed by atoms with van der Waals surface area (Å²) in [4.78, 5) is 6.97. The third-order valence-corrected chi connectivity index (χ3v) is 8.38. The van der Waals surface area contributed by atoms with Gasteiger partial charge >= 0.3 is 0 Å². The van der Waals surface area contributed by atoms with Crippen molar-refractivity contribution < 1.29 is 13.2 Å². The van der Waals surface area contributed by atoms with Crippen LogP contribution in [0.15, 0.2) is 53.7 Å². The summed E-state index contributed by atoms with van der Waals surface area (Å²) in [7, 11) is -3.40. The van der Waals surface area contributed by atoms with Gasteiger partial charge in [-0.15, -0.1) is 0 Å². The van der Waals surface area contributed by atoms with Gasteiger partial charge in [0.25, 0.3) is 0 Å². The van der Waals surface area contributed by atoms with Crippen molar-refractivity contribution in [3.05, 3.63) is 54.4 Å². The second-order valence-electron chi connectivity index (χ2n) is 8.57. The van der Waals surface area contributed by atoms with Gasteiger partial charge in [-0.1, -0.05) is 25.5 Å². The molecule has 6 nitrogen and oxygen atoms in total. The van der Waals surface area contributed by atoms with Crippen LogP contribution in [0.2, 0.25) is 0 Å². The molecule has 2 fully saturated rings. The van der Waals surface area contributed by atoms with Gasteiger partial charge in [-0.05, 0) is 61.9 Å². The Morgan fingerprint density at radius 2 is 1.58 bits per heavy atom. The van der Waals surface area contributed by atoms with E-state index in [4.69, 9.17) is 4.74 Å². The normalized spacial score (nSPS) is 20.0. The molecular weight excluding hydrogens is 410 g/mol. The zero-order chi connectivity index (χ0) is 21.7. The van der Waals surface area contributed by atoms with Crippen molar-refractivity contribution >= 4 is 10.0 Å². The lowest BCUT2D eigenvalue weighted by molar-refractivity contribution is 0.0585. The molecule has 0 unspecified atom stereocenters. The maximum absolute atomic E-state index is 13.0. The molecule has 1 aromatic carbocycles. The first-order chi connectivity index (χ1) is 15.1. The minimum Gasteiger partial charge on any atom is -0.490 e. The fourth-order valence-corrected chi connectivity index (χ4v) is 6.15. The molecule has 2 aliphatic heterocycles. The molecule has 4 rings (SSSR count). The maximum atomic E-state index is 13.0. The Balaban J connectivity index is 1.27. The van der Waals surface area contributed by atoms with E-state index in [1.54, 1.807) is 28.8 Å². The Labute approximate surface area is 186 Å². The summed E-state index contributed by atoms with van der Waals surface area (Å²) < 4.78 is 33.8. The van der Waals surface area contributed by atoms with Gasteiger partial charge in [-0.25, -0.2) is 8.42 Å². The van der Waals surface area contributed by atoms with Crippen LogP contribution in [0.3, 0.4) is 0 Å². The number of hydrogen-bond acceptors (Lipinski definition) is 5. The average molecular weight is 444 g/mol. The number of likely N-dealkylation sites (tertiary alicyclic amines) is 1. The summed E-state index contributed by atoms with van der Waals surface area (Å²) in [5, 5.41) is 0. The molecule has 0 amide bonds. The van der Waals surface area contributed by atoms with Crippen molar-refractivity contribution in [2.45, 2.75) is 62.5 Å². The van der Waals surface area contributed by atoms with Crippen molar-refractivity contribution in [2.75, 3.05) is 26.2 Å². The van der Waals surface area contributed by atoms with Crippen LogP contribution in [0.25, 0.3) is 0 Å². The van der Waals surface area contributed by atoms with Gasteiger partial charge in [0, 0.05) is 44.6 Å². The fourth-order valence-electron chi connectivity index (χ4n) is 4.68. The molecule has 2 aromatic rings. The number of piperidine rings is 2. The molecule has 0 radical (unpaired) electrons. The number of pyridine rings is 1. The Bertz CT molecular complexity index is 918. The maximum Gasteiger partial charge on any atom is 0.243 e. The second-order valence-corrected chi connectivity index (χ2v) is 10.5. The van der Waals surface area contributed by atoms with E-state index >= 15 is 0 Å². The summed E-state index contributed by atoms with van der Waals surface area (Å²) in [6.45, 7) is 5.33. The van der Waals surface area contributed by atoms with Crippen molar-refractivity contribution in [1.82, 2.24) is 14.2 Å². The zero-order valence-corrected chi connectivity index (χ0v) is 19.1. The highest BCUT2D eigenvalue weighted by molar-refractivity contribution is 7.89. The second kappa shape index (κ2) is 10.1. The van der Waals surface area contributed by atoms with Crippen LogP contribution in [0.1, 0.15) is 44.6 Å². The molecule has 3 heterocycles. The topological polar surface area (TPSA) is 62.7 Å². The first-order valence-electron chi connectivity index (χ1n) is 11.5. The highest BCUT2D eigenvalue weighted by atomic mass is 32.2. The quantitative estimate of drug-likeness (QED) is 0.653. The largest absolute Gasteiger partial charge is 0.490 e. The van der Waals surface area contributed by atoms with Crippen LogP contribution < -0.4 is 4.74 Å². The third kappa shape index (κ3) is 5.45. The predicted octanol–water partition coefficient (Wildman–Crippen LogP) is 3.73. The first kappa shape index (κ1) is 22.2. The van der Waals surface area contributed by atoms with E-state index in [1.165, 1.54) is 5.56 Å². The summed E-state index contributed by atoms with van der Waals surface area (Å²) in [6, 6.07) is 11.7. The molecule has 31 heavy (non-hydrogen) atoms. The molecule has 2 aliphatic rings. The van der Waals surface area contributed by atoms with Gasteiger partial charge in [0.15, 0.2) is 0 Å². The molecule has 0 bridgehead atoms. The SMILES string of the molecule is CCCc1ccc(S(=O)(=O)N2CCC(N3CCC(Oc4ccncc4)CC3)CC2)cc1. The van der Waals surface area contributed by atoms with Crippen LogP contribution in [-0.2, 0) is 16.4 Å². The lowest BCUT2D eigenvalue weighted by Gasteiger charge is -2.41. The van der Waals surface area contributed by atoms with Gasteiger partial charge in [0.05, 0.1) is 4.90 Å². The average Bonchev–Trinajstić information content (AvgIpc) is 2.81. The number of aryl methyl sites for hydroxylation is 1. The van der Waals surface area contributed by atoms with Crippen LogP contribution in [-0.4, -0.2) is 60.9 Å². The Morgan fingerprint density at radius 3 is 2.19 bits per heavy atom.